The van der Waals surface area contributed by atoms with Crippen LogP contribution in [0.15, 0.2) is 34.5 Å². The summed E-state index contributed by atoms with van der Waals surface area (Å²) in [6.45, 7) is 1.98. The van der Waals surface area contributed by atoms with E-state index in [9.17, 15) is 9.59 Å². The van der Waals surface area contributed by atoms with E-state index in [0.29, 0.717) is 31.5 Å². The van der Waals surface area contributed by atoms with E-state index in [0.717, 1.165) is 11.4 Å². The van der Waals surface area contributed by atoms with Crippen LogP contribution in [-0.2, 0) is 18.3 Å². The van der Waals surface area contributed by atoms with Crippen molar-refractivity contribution in [2.75, 3.05) is 25.5 Å². The summed E-state index contributed by atoms with van der Waals surface area (Å²) in [6.07, 6.45) is 3.36. The Labute approximate surface area is 143 Å². The van der Waals surface area contributed by atoms with Crippen LogP contribution in [0.1, 0.15) is 22.1 Å². The number of nitrogens with zero attached hydrogens (tertiary/aromatic N) is 4. The third-order valence-corrected chi connectivity index (χ3v) is 5.47. The van der Waals surface area contributed by atoms with Crippen LogP contribution in [0.3, 0.4) is 0 Å². The maximum absolute atomic E-state index is 13.0. The number of carbonyl (C=O) groups is 1. The number of morpholine rings is 1. The highest BCUT2D eigenvalue weighted by molar-refractivity contribution is 7.99. The average Bonchev–Trinajstić information content (AvgIpc) is 3.24. The van der Waals surface area contributed by atoms with Gasteiger partial charge in [0.25, 0.3) is 11.5 Å². The molecule has 2 aliphatic rings. The molecule has 7 nitrogen and oxygen atoms in total. The van der Waals surface area contributed by atoms with Crippen LogP contribution in [0.2, 0.25) is 0 Å². The van der Waals surface area contributed by atoms with Crippen molar-refractivity contribution in [2.45, 2.75) is 17.7 Å². The van der Waals surface area contributed by atoms with Crippen molar-refractivity contribution >= 4 is 17.7 Å². The minimum absolute atomic E-state index is 0.141. The lowest BCUT2D eigenvalue weighted by Crippen LogP contribution is -2.46. The molecular weight excluding hydrogens is 328 g/mol. The van der Waals surface area contributed by atoms with Crippen LogP contribution >= 0.6 is 11.8 Å². The highest BCUT2D eigenvalue weighted by atomic mass is 32.2. The summed E-state index contributed by atoms with van der Waals surface area (Å²) in [5, 5.41) is 0.692. The van der Waals surface area contributed by atoms with E-state index in [-0.39, 0.29) is 23.1 Å². The zero-order chi connectivity index (χ0) is 16.7. The molecule has 8 heteroatoms. The second-order valence-corrected chi connectivity index (χ2v) is 6.95. The molecule has 4 rings (SSSR count). The highest BCUT2D eigenvalue weighted by Crippen LogP contribution is 2.26. The van der Waals surface area contributed by atoms with Crippen molar-refractivity contribution in [1.82, 2.24) is 19.0 Å². The number of ether oxygens (including phenoxy) is 1. The molecule has 0 aliphatic carbocycles. The SMILES string of the molecule is Cn1cccc1C1COCCN1C(=O)c1cnc2n(c1=O)CCS2. The van der Waals surface area contributed by atoms with Gasteiger partial charge in [-0.3, -0.25) is 14.2 Å². The molecule has 2 aromatic rings. The Kier molecular flexibility index (Phi) is 3.93. The van der Waals surface area contributed by atoms with Crippen LogP contribution in [0.4, 0.5) is 0 Å². The van der Waals surface area contributed by atoms with Gasteiger partial charge in [0.15, 0.2) is 5.16 Å². The van der Waals surface area contributed by atoms with E-state index in [1.807, 2.05) is 29.9 Å². The van der Waals surface area contributed by atoms with Crippen LogP contribution in [-0.4, -0.2) is 50.4 Å². The molecule has 2 aromatic heterocycles. The molecular formula is C16H18N4O3S. The number of hydrogen-bond donors (Lipinski definition) is 0. The molecule has 0 bridgehead atoms. The molecule has 4 heterocycles. The lowest BCUT2D eigenvalue weighted by molar-refractivity contribution is -0.00480. The first kappa shape index (κ1) is 15.5. The largest absolute Gasteiger partial charge is 0.377 e. The fourth-order valence-electron chi connectivity index (χ4n) is 3.23. The summed E-state index contributed by atoms with van der Waals surface area (Å²) in [6, 6.07) is 3.72. The van der Waals surface area contributed by atoms with Gasteiger partial charge in [-0.15, -0.1) is 0 Å². The number of thioether (sulfide) groups is 1. The number of carbonyl (C=O) groups excluding carboxylic acids is 1. The number of hydrogen-bond acceptors (Lipinski definition) is 5. The zero-order valence-electron chi connectivity index (χ0n) is 13.3. The monoisotopic (exact) mass is 346 g/mol. The predicted octanol–water partition coefficient (Wildman–Crippen LogP) is 0.901. The molecule has 1 fully saturated rings. The second kappa shape index (κ2) is 6.10. The first-order valence-electron chi connectivity index (χ1n) is 7.89. The van der Waals surface area contributed by atoms with Gasteiger partial charge >= 0.3 is 0 Å². The summed E-state index contributed by atoms with van der Waals surface area (Å²) < 4.78 is 9.14. The fourth-order valence-corrected chi connectivity index (χ4v) is 4.14. The molecule has 0 aromatic carbocycles. The molecule has 1 amide bonds. The Morgan fingerprint density at radius 1 is 1.42 bits per heavy atom. The predicted molar refractivity (Wildman–Crippen MR) is 89.2 cm³/mol. The Hall–Kier alpha value is -2.06. The Bertz CT molecular complexity index is 844. The first-order valence-corrected chi connectivity index (χ1v) is 8.88. The minimum Gasteiger partial charge on any atom is -0.377 e. The molecule has 2 aliphatic heterocycles. The van der Waals surface area contributed by atoms with Gasteiger partial charge in [-0.1, -0.05) is 11.8 Å². The van der Waals surface area contributed by atoms with Crippen molar-refractivity contribution < 1.29 is 9.53 Å². The Morgan fingerprint density at radius 3 is 3.08 bits per heavy atom. The van der Waals surface area contributed by atoms with Gasteiger partial charge in [0, 0.05) is 44.0 Å². The first-order chi connectivity index (χ1) is 11.7. The number of aryl methyl sites for hydroxylation is 1. The Morgan fingerprint density at radius 2 is 2.29 bits per heavy atom. The van der Waals surface area contributed by atoms with E-state index in [1.54, 1.807) is 21.2 Å². The third-order valence-electron chi connectivity index (χ3n) is 4.50. The van der Waals surface area contributed by atoms with Gasteiger partial charge in [-0.05, 0) is 12.1 Å². The summed E-state index contributed by atoms with van der Waals surface area (Å²) in [7, 11) is 1.94. The molecule has 0 radical (unpaired) electrons. The minimum atomic E-state index is -0.269. The van der Waals surface area contributed by atoms with Crippen LogP contribution in [0, 0.1) is 0 Å². The van der Waals surface area contributed by atoms with E-state index in [4.69, 9.17) is 4.74 Å². The number of aromatic nitrogens is 3. The van der Waals surface area contributed by atoms with Gasteiger partial charge in [0.2, 0.25) is 0 Å². The van der Waals surface area contributed by atoms with E-state index in [1.165, 1.54) is 6.20 Å². The molecule has 1 atom stereocenters. The van der Waals surface area contributed by atoms with Crippen molar-refractivity contribution in [3.05, 3.63) is 46.1 Å². The zero-order valence-corrected chi connectivity index (χ0v) is 14.2. The van der Waals surface area contributed by atoms with Crippen LogP contribution in [0.5, 0.6) is 0 Å². The smallest absolute Gasteiger partial charge is 0.267 e. The molecule has 0 N–H and O–H groups in total. The van der Waals surface area contributed by atoms with Crippen molar-refractivity contribution in [3.63, 3.8) is 0 Å². The van der Waals surface area contributed by atoms with Crippen molar-refractivity contribution in [3.8, 4) is 0 Å². The molecule has 1 saturated heterocycles. The normalized spacial score (nSPS) is 20.2. The van der Waals surface area contributed by atoms with Gasteiger partial charge in [-0.25, -0.2) is 4.98 Å². The van der Waals surface area contributed by atoms with Crippen LogP contribution < -0.4 is 5.56 Å². The van der Waals surface area contributed by atoms with Gasteiger partial charge < -0.3 is 14.2 Å². The Balaban J connectivity index is 1.70. The fraction of sp³-hybridized carbons (Fsp3) is 0.438. The van der Waals surface area contributed by atoms with Gasteiger partial charge in [0.05, 0.1) is 19.3 Å². The number of rotatable bonds is 2. The lowest BCUT2D eigenvalue weighted by atomic mass is 10.1. The highest BCUT2D eigenvalue weighted by Gasteiger charge is 2.33. The molecule has 1 unspecified atom stereocenters. The summed E-state index contributed by atoms with van der Waals surface area (Å²) >= 11 is 1.54. The van der Waals surface area contributed by atoms with E-state index < -0.39 is 0 Å². The number of amides is 1. The molecule has 126 valence electrons. The molecule has 24 heavy (non-hydrogen) atoms. The standard InChI is InChI=1S/C16H18N4O3S/c1-18-4-2-3-12(18)13-10-23-7-5-19(13)14(21)11-9-17-16-20(15(11)22)6-8-24-16/h2-4,9,13H,5-8,10H2,1H3. The number of fused-ring (bicyclic) bond motifs is 1. The maximum atomic E-state index is 13.0. The molecule has 0 saturated carbocycles. The average molecular weight is 346 g/mol. The summed E-state index contributed by atoms with van der Waals surface area (Å²) in [5.41, 5.74) is 0.891. The second-order valence-electron chi connectivity index (χ2n) is 5.89. The van der Waals surface area contributed by atoms with Crippen molar-refractivity contribution in [2.24, 2.45) is 7.05 Å². The van der Waals surface area contributed by atoms with Crippen LogP contribution in [0.25, 0.3) is 0 Å². The van der Waals surface area contributed by atoms with Gasteiger partial charge in [0.1, 0.15) is 5.56 Å². The van der Waals surface area contributed by atoms with E-state index in [2.05, 4.69) is 4.98 Å². The van der Waals surface area contributed by atoms with Gasteiger partial charge in [-0.2, -0.15) is 0 Å². The third kappa shape index (κ3) is 2.46. The lowest BCUT2D eigenvalue weighted by Gasteiger charge is -2.35. The topological polar surface area (TPSA) is 69.4 Å². The summed E-state index contributed by atoms with van der Waals surface area (Å²) in [5.74, 6) is 0.554. The maximum Gasteiger partial charge on any atom is 0.267 e. The van der Waals surface area contributed by atoms with E-state index >= 15 is 0 Å². The van der Waals surface area contributed by atoms with Crippen molar-refractivity contribution in [1.29, 1.82) is 0 Å². The quantitative estimate of drug-likeness (QED) is 0.756. The molecule has 0 spiro atoms. The summed E-state index contributed by atoms with van der Waals surface area (Å²) in [4.78, 5) is 31.7.